The molecule has 0 spiro atoms. The Bertz CT molecular complexity index is 627. The molecular formula is C13H9ClF3N3. The van der Waals surface area contributed by atoms with Gasteiger partial charge in [-0.25, -0.2) is 4.98 Å². The summed E-state index contributed by atoms with van der Waals surface area (Å²) < 4.78 is 39.3. The Morgan fingerprint density at radius 3 is 2.45 bits per heavy atom. The highest BCUT2D eigenvalue weighted by Gasteiger charge is 2.35. The number of hydrogen-bond donors (Lipinski definition) is 0. The molecule has 3 nitrogen and oxygen atoms in total. The normalized spacial score (nSPS) is 11.4. The molecule has 0 aliphatic carbocycles. The van der Waals surface area contributed by atoms with E-state index in [4.69, 9.17) is 11.6 Å². The van der Waals surface area contributed by atoms with Gasteiger partial charge in [-0.1, -0.05) is 11.6 Å². The van der Waals surface area contributed by atoms with Crippen LogP contribution in [0, 0.1) is 0 Å². The number of nitrogens with zero attached hydrogens (tertiary/aromatic N) is 3. The number of aromatic nitrogens is 2. The summed E-state index contributed by atoms with van der Waals surface area (Å²) in [5.41, 5.74) is -0.383. The third-order valence-electron chi connectivity index (χ3n) is 2.63. The van der Waals surface area contributed by atoms with Crippen LogP contribution in [-0.4, -0.2) is 16.7 Å². The molecule has 0 N–H and O–H groups in total. The van der Waals surface area contributed by atoms with Gasteiger partial charge in [0, 0.05) is 23.5 Å². The van der Waals surface area contributed by atoms with Crippen LogP contribution in [0.5, 0.6) is 0 Å². The molecule has 0 saturated carbocycles. The van der Waals surface area contributed by atoms with Crippen LogP contribution in [0.3, 0.4) is 0 Å². The van der Waals surface area contributed by atoms with E-state index in [1.165, 1.54) is 12.4 Å². The second-order valence-electron chi connectivity index (χ2n) is 3.94. The van der Waals surface area contributed by atoms with E-state index in [1.54, 1.807) is 12.1 Å². The van der Waals surface area contributed by atoms with E-state index >= 15 is 0 Å². The average molecular weight is 300 g/mol. The standard InChI is InChI=1S/C13H9ClF3N3/c1-18-7-9-10(13(15,16)17)6-11(20-12(9)14)8-2-4-19-5-3-8/h2-6H,1,7H2. The number of hydrogen-bond acceptors (Lipinski definition) is 3. The van der Waals surface area contributed by atoms with E-state index in [0.717, 1.165) is 6.07 Å². The van der Waals surface area contributed by atoms with Gasteiger partial charge in [-0.15, -0.1) is 0 Å². The van der Waals surface area contributed by atoms with Crippen LogP contribution >= 0.6 is 11.6 Å². The van der Waals surface area contributed by atoms with Crippen molar-refractivity contribution in [3.63, 3.8) is 0 Å². The molecule has 0 amide bonds. The van der Waals surface area contributed by atoms with Gasteiger partial charge < -0.3 is 0 Å². The van der Waals surface area contributed by atoms with Crippen molar-refractivity contribution in [1.82, 2.24) is 9.97 Å². The lowest BCUT2D eigenvalue weighted by atomic mass is 10.1. The van der Waals surface area contributed by atoms with Crippen LogP contribution < -0.4 is 0 Å². The van der Waals surface area contributed by atoms with Gasteiger partial charge in [0.05, 0.1) is 17.8 Å². The SMILES string of the molecule is C=NCc1c(C(F)(F)F)cc(-c2ccncc2)nc1Cl. The molecule has 0 saturated heterocycles. The van der Waals surface area contributed by atoms with Crippen molar-refractivity contribution in [3.8, 4) is 11.3 Å². The molecule has 2 aromatic rings. The summed E-state index contributed by atoms with van der Waals surface area (Å²) in [6, 6.07) is 4.08. The maximum Gasteiger partial charge on any atom is 0.416 e. The molecule has 0 bridgehead atoms. The maximum absolute atomic E-state index is 13.1. The van der Waals surface area contributed by atoms with E-state index in [0.29, 0.717) is 5.56 Å². The maximum atomic E-state index is 13.1. The summed E-state index contributed by atoms with van der Waals surface area (Å²) in [6.07, 6.45) is -1.59. The quantitative estimate of drug-likeness (QED) is 0.634. The van der Waals surface area contributed by atoms with Gasteiger partial charge in [0.25, 0.3) is 0 Å². The second kappa shape index (κ2) is 5.58. The molecule has 0 aliphatic rings. The third-order valence-corrected chi connectivity index (χ3v) is 2.94. The fourth-order valence-electron chi connectivity index (χ4n) is 1.73. The van der Waals surface area contributed by atoms with Crippen LogP contribution in [0.4, 0.5) is 13.2 Å². The zero-order valence-electron chi connectivity index (χ0n) is 10.2. The Balaban J connectivity index is 2.64. The summed E-state index contributed by atoms with van der Waals surface area (Å²) >= 11 is 5.85. The van der Waals surface area contributed by atoms with Crippen molar-refractivity contribution in [1.29, 1.82) is 0 Å². The molecule has 2 aromatic heterocycles. The Kier molecular flexibility index (Phi) is 4.04. The summed E-state index contributed by atoms with van der Waals surface area (Å²) in [4.78, 5) is 11.3. The fourth-order valence-corrected chi connectivity index (χ4v) is 1.98. The van der Waals surface area contributed by atoms with Crippen molar-refractivity contribution in [2.45, 2.75) is 12.7 Å². The molecule has 7 heteroatoms. The van der Waals surface area contributed by atoms with E-state index in [9.17, 15) is 13.2 Å². The van der Waals surface area contributed by atoms with Gasteiger partial charge >= 0.3 is 6.18 Å². The Morgan fingerprint density at radius 2 is 1.90 bits per heavy atom. The first-order valence-electron chi connectivity index (χ1n) is 5.53. The Morgan fingerprint density at radius 1 is 1.25 bits per heavy atom. The predicted molar refractivity (Wildman–Crippen MR) is 70.7 cm³/mol. The summed E-state index contributed by atoms with van der Waals surface area (Å²) in [5.74, 6) is 0. The lowest BCUT2D eigenvalue weighted by Crippen LogP contribution is -2.11. The van der Waals surface area contributed by atoms with Crippen LogP contribution in [0.1, 0.15) is 11.1 Å². The van der Waals surface area contributed by atoms with Crippen molar-refractivity contribution in [2.75, 3.05) is 0 Å². The summed E-state index contributed by atoms with van der Waals surface area (Å²) in [5, 5.41) is -0.223. The van der Waals surface area contributed by atoms with E-state index in [2.05, 4.69) is 21.7 Å². The lowest BCUT2D eigenvalue weighted by Gasteiger charge is -2.14. The summed E-state index contributed by atoms with van der Waals surface area (Å²) in [7, 11) is 0. The van der Waals surface area contributed by atoms with Crippen molar-refractivity contribution >= 4 is 18.3 Å². The molecule has 0 aliphatic heterocycles. The molecule has 2 heterocycles. The van der Waals surface area contributed by atoms with Crippen LogP contribution in [0.15, 0.2) is 35.6 Å². The first-order chi connectivity index (χ1) is 9.43. The zero-order chi connectivity index (χ0) is 14.8. The van der Waals surface area contributed by atoms with Gasteiger partial charge in [-0.05, 0) is 24.9 Å². The van der Waals surface area contributed by atoms with Crippen LogP contribution in [0.2, 0.25) is 5.15 Å². The Hall–Kier alpha value is -1.95. The molecule has 2 rings (SSSR count). The highest BCUT2D eigenvalue weighted by Crippen LogP contribution is 2.37. The van der Waals surface area contributed by atoms with E-state index in [-0.39, 0.29) is 23.0 Å². The molecule has 20 heavy (non-hydrogen) atoms. The summed E-state index contributed by atoms with van der Waals surface area (Å²) in [6.45, 7) is 2.95. The molecule has 0 radical (unpaired) electrons. The van der Waals surface area contributed by atoms with Crippen LogP contribution in [0.25, 0.3) is 11.3 Å². The number of pyridine rings is 2. The number of rotatable bonds is 3. The van der Waals surface area contributed by atoms with Gasteiger partial charge in [0.1, 0.15) is 5.15 Å². The number of aliphatic imine (C=N–C) groups is 1. The van der Waals surface area contributed by atoms with Crippen molar-refractivity contribution < 1.29 is 13.2 Å². The highest BCUT2D eigenvalue weighted by atomic mass is 35.5. The van der Waals surface area contributed by atoms with Gasteiger partial charge in [-0.3, -0.25) is 9.98 Å². The average Bonchev–Trinajstić information content (AvgIpc) is 2.40. The Labute approximate surface area is 118 Å². The van der Waals surface area contributed by atoms with E-state index in [1.807, 2.05) is 0 Å². The molecule has 0 atom stereocenters. The first-order valence-corrected chi connectivity index (χ1v) is 5.90. The predicted octanol–water partition coefficient (Wildman–Crippen LogP) is 4.02. The lowest BCUT2D eigenvalue weighted by molar-refractivity contribution is -0.138. The minimum absolute atomic E-state index is 0.137. The zero-order valence-corrected chi connectivity index (χ0v) is 10.9. The number of halogens is 4. The van der Waals surface area contributed by atoms with Crippen molar-refractivity contribution in [3.05, 3.63) is 46.9 Å². The third kappa shape index (κ3) is 2.96. The smallest absolute Gasteiger partial charge is 0.296 e. The monoisotopic (exact) mass is 299 g/mol. The van der Waals surface area contributed by atoms with Gasteiger partial charge in [-0.2, -0.15) is 13.2 Å². The van der Waals surface area contributed by atoms with Crippen LogP contribution in [-0.2, 0) is 12.7 Å². The highest BCUT2D eigenvalue weighted by molar-refractivity contribution is 6.30. The molecule has 104 valence electrons. The molecule has 0 fully saturated rings. The fraction of sp³-hybridized carbons (Fsp3) is 0.154. The largest absolute Gasteiger partial charge is 0.416 e. The second-order valence-corrected chi connectivity index (χ2v) is 4.30. The number of alkyl halides is 3. The molecule has 0 unspecified atom stereocenters. The minimum Gasteiger partial charge on any atom is -0.296 e. The van der Waals surface area contributed by atoms with Gasteiger partial charge in [0.2, 0.25) is 0 Å². The topological polar surface area (TPSA) is 38.1 Å². The van der Waals surface area contributed by atoms with Crippen molar-refractivity contribution in [2.24, 2.45) is 4.99 Å². The van der Waals surface area contributed by atoms with E-state index < -0.39 is 11.7 Å². The first kappa shape index (κ1) is 14.5. The molecular weight excluding hydrogens is 291 g/mol. The minimum atomic E-state index is -4.53. The molecule has 0 aromatic carbocycles. The van der Waals surface area contributed by atoms with Gasteiger partial charge in [0.15, 0.2) is 0 Å².